The fourth-order valence-corrected chi connectivity index (χ4v) is 11.6. The Balaban J connectivity index is 1.35. The summed E-state index contributed by atoms with van der Waals surface area (Å²) in [5.41, 5.74) is 8.15. The molecule has 4 heterocycles. The van der Waals surface area contributed by atoms with Gasteiger partial charge in [-0.15, -0.1) is 0 Å². The molecule has 3 bridgehead atoms. The predicted octanol–water partition coefficient (Wildman–Crippen LogP) is 0.512. The third-order valence-corrected chi connectivity index (χ3v) is 11.2. The van der Waals surface area contributed by atoms with E-state index in [0.717, 1.165) is 59.2 Å². The van der Waals surface area contributed by atoms with Crippen LogP contribution in [0.2, 0.25) is 0 Å². The highest BCUT2D eigenvalue weighted by Gasteiger charge is 3.00. The van der Waals surface area contributed by atoms with E-state index in [1.165, 1.54) is 12.8 Å². The normalized spacial score (nSPS) is 91.0. The predicted molar refractivity (Wildman–Crippen MR) is 75.8 cm³/mol. The Morgan fingerprint density at radius 1 is 0.714 bits per heavy atom. The number of nitrogens with one attached hydrogen (secondary N) is 2. The van der Waals surface area contributed by atoms with E-state index >= 15 is 0 Å². The first kappa shape index (κ1) is 9.89. The molecule has 5 aliphatic carbocycles. The average Bonchev–Trinajstić information content (AvgIpc) is 3.01. The van der Waals surface area contributed by atoms with Crippen LogP contribution in [0.25, 0.3) is 0 Å². The number of nitrogens with two attached hydrogens (primary N) is 1. The van der Waals surface area contributed by atoms with Gasteiger partial charge in [0.2, 0.25) is 0 Å². The molecule has 9 fully saturated rings. The highest BCUT2D eigenvalue weighted by molar-refractivity contribution is 5.53. The lowest BCUT2D eigenvalue weighted by Gasteiger charge is -2.82. The zero-order valence-corrected chi connectivity index (χ0v) is 12.3. The van der Waals surface area contributed by atoms with Crippen LogP contribution in [0.15, 0.2) is 0 Å². The minimum absolute atomic E-state index is 0.416. The van der Waals surface area contributed by atoms with E-state index in [0.29, 0.717) is 22.8 Å². The second-order valence-corrected chi connectivity index (χ2v) is 10.6. The molecule has 0 amide bonds. The molecule has 3 spiro atoms. The van der Waals surface area contributed by atoms with Crippen molar-refractivity contribution in [2.75, 3.05) is 0 Å². The SMILES string of the molecule is NC1CC2C3C(C1)C1C4C5CC6CC7C8C2C31NC84NC675. The smallest absolute Gasteiger partial charge is 0.0767 e. The van der Waals surface area contributed by atoms with Crippen molar-refractivity contribution in [1.82, 2.24) is 10.6 Å². The van der Waals surface area contributed by atoms with Crippen molar-refractivity contribution in [1.29, 1.82) is 0 Å². The summed E-state index contributed by atoms with van der Waals surface area (Å²) in [6.07, 6.45) is 5.83. The number of hydrogen-bond donors (Lipinski definition) is 3. The minimum Gasteiger partial charge on any atom is -0.328 e. The molecule has 0 radical (unpaired) electrons. The van der Waals surface area contributed by atoms with E-state index in [1.54, 1.807) is 12.8 Å². The lowest BCUT2D eigenvalue weighted by molar-refractivity contribution is -0.313. The fraction of sp³-hybridized carbons (Fsp3) is 1.00. The fourth-order valence-electron chi connectivity index (χ4n) is 11.6. The van der Waals surface area contributed by atoms with Gasteiger partial charge in [0.1, 0.15) is 0 Å². The van der Waals surface area contributed by atoms with Gasteiger partial charge in [-0.3, -0.25) is 10.6 Å². The largest absolute Gasteiger partial charge is 0.328 e. The summed E-state index contributed by atoms with van der Waals surface area (Å²) in [5, 5.41) is 8.67. The molecule has 5 saturated carbocycles. The Labute approximate surface area is 124 Å². The molecule has 3 heteroatoms. The van der Waals surface area contributed by atoms with Crippen molar-refractivity contribution < 1.29 is 0 Å². The zero-order valence-electron chi connectivity index (χ0n) is 12.3. The number of rotatable bonds is 0. The Morgan fingerprint density at radius 2 is 1.33 bits per heavy atom. The molecule has 110 valence electrons. The zero-order chi connectivity index (χ0) is 13.1. The highest BCUT2D eigenvalue weighted by atomic mass is 15.5. The van der Waals surface area contributed by atoms with Gasteiger partial charge in [-0.1, -0.05) is 0 Å². The van der Waals surface area contributed by atoms with Crippen LogP contribution in [-0.2, 0) is 0 Å². The molecular weight excluding hydrogens is 258 g/mol. The van der Waals surface area contributed by atoms with E-state index in [-0.39, 0.29) is 0 Å². The van der Waals surface area contributed by atoms with Crippen LogP contribution in [0.5, 0.6) is 0 Å². The second kappa shape index (κ2) is 2.19. The molecule has 4 N–H and O–H groups in total. The third kappa shape index (κ3) is 0.546. The van der Waals surface area contributed by atoms with E-state index in [2.05, 4.69) is 10.6 Å². The van der Waals surface area contributed by atoms with Crippen LogP contribution >= 0.6 is 0 Å². The molecule has 4 aliphatic heterocycles. The average molecular weight is 281 g/mol. The van der Waals surface area contributed by atoms with Gasteiger partial charge in [0.05, 0.1) is 5.66 Å². The quantitative estimate of drug-likeness (QED) is 0.606. The summed E-state index contributed by atoms with van der Waals surface area (Å²) >= 11 is 0. The minimum atomic E-state index is 0.416. The van der Waals surface area contributed by atoms with Crippen LogP contribution in [-0.4, -0.2) is 22.8 Å². The van der Waals surface area contributed by atoms with Crippen molar-refractivity contribution in [2.24, 2.45) is 64.9 Å². The third-order valence-electron chi connectivity index (χ3n) is 11.2. The molecule has 8 unspecified atom stereocenters. The first-order chi connectivity index (χ1) is 10.2. The van der Waals surface area contributed by atoms with Crippen molar-refractivity contribution in [3.63, 3.8) is 0 Å². The molecule has 0 aromatic rings. The van der Waals surface area contributed by atoms with Crippen LogP contribution in [0, 0.1) is 59.2 Å². The van der Waals surface area contributed by atoms with E-state index in [9.17, 15) is 0 Å². The molecule has 0 aromatic carbocycles. The maximum atomic E-state index is 6.47. The van der Waals surface area contributed by atoms with Crippen molar-refractivity contribution in [3.8, 4) is 0 Å². The maximum Gasteiger partial charge on any atom is 0.0767 e. The molecule has 4 saturated heterocycles. The van der Waals surface area contributed by atoms with E-state index in [1.807, 2.05) is 0 Å². The van der Waals surface area contributed by atoms with Crippen LogP contribution < -0.4 is 16.4 Å². The van der Waals surface area contributed by atoms with Gasteiger partial charge >= 0.3 is 0 Å². The van der Waals surface area contributed by atoms with Gasteiger partial charge < -0.3 is 5.73 Å². The highest BCUT2D eigenvalue weighted by Crippen LogP contribution is 2.92. The van der Waals surface area contributed by atoms with Crippen LogP contribution in [0.1, 0.15) is 25.7 Å². The summed E-state index contributed by atoms with van der Waals surface area (Å²) in [7, 11) is 0. The van der Waals surface area contributed by atoms with Crippen molar-refractivity contribution >= 4 is 0 Å². The monoisotopic (exact) mass is 281 g/mol. The lowest BCUT2D eigenvalue weighted by atomic mass is 9.21. The molecule has 3 nitrogen and oxygen atoms in total. The van der Waals surface area contributed by atoms with E-state index < -0.39 is 0 Å². The van der Waals surface area contributed by atoms with Gasteiger partial charge in [-0.25, -0.2) is 0 Å². The molecule has 21 heavy (non-hydrogen) atoms. The molecule has 9 aliphatic rings. The molecule has 8 atom stereocenters. The molecule has 9 rings (SSSR count). The number of hydrogen-bond acceptors (Lipinski definition) is 3. The van der Waals surface area contributed by atoms with Crippen molar-refractivity contribution in [2.45, 2.75) is 48.5 Å². The summed E-state index contributed by atoms with van der Waals surface area (Å²) in [6, 6.07) is 0.528. The topological polar surface area (TPSA) is 50.1 Å². The summed E-state index contributed by atoms with van der Waals surface area (Å²) < 4.78 is 0. The van der Waals surface area contributed by atoms with Gasteiger partial charge in [0, 0.05) is 29.0 Å². The summed E-state index contributed by atoms with van der Waals surface area (Å²) in [5.74, 6) is 10.2. The van der Waals surface area contributed by atoms with Gasteiger partial charge in [-0.2, -0.15) is 0 Å². The maximum absolute atomic E-state index is 6.47. The summed E-state index contributed by atoms with van der Waals surface area (Å²) in [6.45, 7) is 0. The Morgan fingerprint density at radius 3 is 1.95 bits per heavy atom. The summed E-state index contributed by atoms with van der Waals surface area (Å²) in [4.78, 5) is 0. The van der Waals surface area contributed by atoms with Crippen LogP contribution in [0.3, 0.4) is 0 Å². The van der Waals surface area contributed by atoms with Gasteiger partial charge in [0.25, 0.3) is 0 Å². The molecular formula is C18H23N3. The van der Waals surface area contributed by atoms with Crippen LogP contribution in [0.4, 0.5) is 0 Å². The lowest BCUT2D eigenvalue weighted by Crippen LogP contribution is -2.87. The van der Waals surface area contributed by atoms with Crippen molar-refractivity contribution in [3.05, 3.63) is 0 Å². The van der Waals surface area contributed by atoms with Gasteiger partial charge in [-0.05, 0) is 73.0 Å². The standard InChI is InChI=1S/C18H23N3/c19-6-3-7-11-8(4-6)13-15-10-2-5-1-9-14-12(7)17(11,13)21-18(14,15)20-16(5,9)10/h5-15,20-21H,1-4,19H2. The first-order valence-electron chi connectivity index (χ1n) is 9.58. The van der Waals surface area contributed by atoms with Gasteiger partial charge in [0.15, 0.2) is 0 Å². The molecule has 0 aromatic heterocycles. The second-order valence-electron chi connectivity index (χ2n) is 10.6. The Kier molecular flexibility index (Phi) is 1.03. The number of fused-ring (bicyclic) bond motifs is 6. The Bertz CT molecular complexity index is 631. The van der Waals surface area contributed by atoms with E-state index in [4.69, 9.17) is 5.73 Å². The Hall–Kier alpha value is -0.120. The first-order valence-corrected chi connectivity index (χ1v) is 9.58.